The summed E-state index contributed by atoms with van der Waals surface area (Å²) in [6.45, 7) is 8.57. The Morgan fingerprint density at radius 3 is 2.54 bits per heavy atom. The first-order valence-corrected chi connectivity index (χ1v) is 8.00. The average molecular weight is 195 g/mol. The first kappa shape index (κ1) is 12.1. The molecule has 0 radical (unpaired) electrons. The fourth-order valence-electron chi connectivity index (χ4n) is 0.755. The minimum Gasteiger partial charge on any atom is -0.132 e. The van der Waals surface area contributed by atoms with E-state index in [4.69, 9.17) is 5.53 Å². The number of nitrogens with zero attached hydrogens (tertiary/aromatic N) is 3. The van der Waals surface area contributed by atoms with Crippen LogP contribution in [0.25, 0.3) is 10.4 Å². The van der Waals surface area contributed by atoms with Gasteiger partial charge in [-0.05, 0) is 12.0 Å². The molecule has 3 nitrogen and oxygen atoms in total. The van der Waals surface area contributed by atoms with E-state index in [0.717, 1.165) is 12.8 Å². The molecule has 0 aliphatic carbocycles. The topological polar surface area (TPSA) is 48.8 Å². The van der Waals surface area contributed by atoms with Crippen molar-refractivity contribution >= 4 is 8.07 Å². The highest BCUT2D eigenvalue weighted by atomic mass is 28.3. The first-order valence-electron chi connectivity index (χ1n) is 4.50. The third-order valence-corrected chi connectivity index (χ3v) is 2.33. The second-order valence-corrected chi connectivity index (χ2v) is 8.89. The Kier molecular flexibility index (Phi) is 5.29. The lowest BCUT2D eigenvalue weighted by atomic mass is 10.2. The molecule has 0 saturated carbocycles. The van der Waals surface area contributed by atoms with Gasteiger partial charge in [-0.3, -0.25) is 0 Å². The lowest BCUT2D eigenvalue weighted by Gasteiger charge is -2.03. The zero-order valence-electron chi connectivity index (χ0n) is 8.83. The van der Waals surface area contributed by atoms with Crippen LogP contribution in [0.2, 0.25) is 19.6 Å². The van der Waals surface area contributed by atoms with E-state index in [2.05, 4.69) is 41.1 Å². The fraction of sp³-hybridized carbons (Fsp3) is 0.778. The predicted octanol–water partition coefficient (Wildman–Crippen LogP) is 3.35. The summed E-state index contributed by atoms with van der Waals surface area (Å²) in [5.74, 6) is 3.14. The smallest absolute Gasteiger partial charge is 0.129 e. The SMILES string of the molecule is CC(CCC#C[Si](C)(C)C)N=[N+]=[N-]. The maximum atomic E-state index is 8.15. The van der Waals surface area contributed by atoms with E-state index in [-0.39, 0.29) is 6.04 Å². The molecule has 0 fully saturated rings. The Morgan fingerprint density at radius 1 is 1.46 bits per heavy atom. The van der Waals surface area contributed by atoms with Gasteiger partial charge in [0.15, 0.2) is 0 Å². The third-order valence-electron chi connectivity index (χ3n) is 1.40. The molecule has 0 rings (SSSR count). The summed E-state index contributed by atoms with van der Waals surface area (Å²) >= 11 is 0. The standard InChI is InChI=1S/C9H17N3Si/c1-9(11-12-10)7-5-6-8-13(2,3)4/h9H,5,7H2,1-4H3. The van der Waals surface area contributed by atoms with Gasteiger partial charge in [0, 0.05) is 17.4 Å². The van der Waals surface area contributed by atoms with Crippen molar-refractivity contribution in [1.29, 1.82) is 0 Å². The Morgan fingerprint density at radius 2 is 2.08 bits per heavy atom. The van der Waals surface area contributed by atoms with Crippen molar-refractivity contribution in [2.45, 2.75) is 45.4 Å². The van der Waals surface area contributed by atoms with Gasteiger partial charge < -0.3 is 0 Å². The van der Waals surface area contributed by atoms with Crippen LogP contribution < -0.4 is 0 Å². The molecule has 1 atom stereocenters. The van der Waals surface area contributed by atoms with Crippen molar-refractivity contribution in [1.82, 2.24) is 0 Å². The van der Waals surface area contributed by atoms with Gasteiger partial charge in [-0.1, -0.05) is 31.7 Å². The van der Waals surface area contributed by atoms with Crippen molar-refractivity contribution in [3.63, 3.8) is 0 Å². The molecule has 0 aliphatic heterocycles. The Bertz CT molecular complexity index is 250. The van der Waals surface area contributed by atoms with Gasteiger partial charge in [0.2, 0.25) is 0 Å². The summed E-state index contributed by atoms with van der Waals surface area (Å²) in [4.78, 5) is 2.75. The number of hydrogen-bond acceptors (Lipinski definition) is 1. The fourth-order valence-corrected chi connectivity index (χ4v) is 1.41. The quantitative estimate of drug-likeness (QED) is 0.218. The molecule has 1 unspecified atom stereocenters. The van der Waals surface area contributed by atoms with Crippen LogP contribution in [0.3, 0.4) is 0 Å². The summed E-state index contributed by atoms with van der Waals surface area (Å²) in [6, 6.07) is 0.0703. The van der Waals surface area contributed by atoms with E-state index < -0.39 is 8.07 Å². The minimum absolute atomic E-state index is 0.0703. The minimum atomic E-state index is -1.21. The highest BCUT2D eigenvalue weighted by molar-refractivity contribution is 6.83. The van der Waals surface area contributed by atoms with E-state index in [0.29, 0.717) is 0 Å². The van der Waals surface area contributed by atoms with Gasteiger partial charge in [-0.2, -0.15) is 0 Å². The summed E-state index contributed by atoms with van der Waals surface area (Å²) in [6.07, 6.45) is 1.70. The van der Waals surface area contributed by atoms with Gasteiger partial charge in [0.05, 0.1) is 0 Å². The molecule has 0 aromatic rings. The maximum absolute atomic E-state index is 8.15. The van der Waals surface area contributed by atoms with Crippen LogP contribution in [0.1, 0.15) is 19.8 Å². The molecule has 4 heteroatoms. The van der Waals surface area contributed by atoms with E-state index in [1.165, 1.54) is 0 Å². The first-order chi connectivity index (χ1) is 5.95. The Hall–Kier alpha value is -0.913. The van der Waals surface area contributed by atoms with E-state index in [1.807, 2.05) is 6.92 Å². The second-order valence-electron chi connectivity index (χ2n) is 4.14. The van der Waals surface area contributed by atoms with E-state index >= 15 is 0 Å². The maximum Gasteiger partial charge on any atom is 0.129 e. The monoisotopic (exact) mass is 195 g/mol. The van der Waals surface area contributed by atoms with Crippen molar-refractivity contribution in [3.8, 4) is 11.5 Å². The molecular weight excluding hydrogens is 178 g/mol. The van der Waals surface area contributed by atoms with Crippen LogP contribution in [-0.2, 0) is 0 Å². The van der Waals surface area contributed by atoms with Crippen LogP contribution in [0.5, 0.6) is 0 Å². The molecule has 0 amide bonds. The van der Waals surface area contributed by atoms with E-state index in [1.54, 1.807) is 0 Å². The van der Waals surface area contributed by atoms with Crippen molar-refractivity contribution < 1.29 is 0 Å². The predicted molar refractivity (Wildman–Crippen MR) is 59.0 cm³/mol. The zero-order valence-corrected chi connectivity index (χ0v) is 9.83. The van der Waals surface area contributed by atoms with Gasteiger partial charge in [-0.15, -0.1) is 11.5 Å². The summed E-state index contributed by atoms with van der Waals surface area (Å²) in [7, 11) is -1.21. The highest BCUT2D eigenvalue weighted by Gasteiger charge is 2.07. The second kappa shape index (κ2) is 5.68. The zero-order chi connectivity index (χ0) is 10.3. The number of rotatable bonds is 3. The van der Waals surface area contributed by atoms with Crippen molar-refractivity contribution in [2.24, 2.45) is 5.11 Å². The van der Waals surface area contributed by atoms with Crippen LogP contribution >= 0.6 is 0 Å². The highest BCUT2D eigenvalue weighted by Crippen LogP contribution is 2.01. The van der Waals surface area contributed by atoms with Gasteiger partial charge >= 0.3 is 0 Å². The van der Waals surface area contributed by atoms with Crippen LogP contribution in [0.15, 0.2) is 5.11 Å². The van der Waals surface area contributed by atoms with Gasteiger partial charge in [0.1, 0.15) is 8.07 Å². The largest absolute Gasteiger partial charge is 0.132 e. The third kappa shape index (κ3) is 9.00. The summed E-state index contributed by atoms with van der Waals surface area (Å²) in [5.41, 5.74) is 11.4. The molecule has 13 heavy (non-hydrogen) atoms. The van der Waals surface area contributed by atoms with Crippen LogP contribution in [0, 0.1) is 11.5 Å². The normalized spacial score (nSPS) is 12.3. The Labute approximate surface area is 81.2 Å². The number of azide groups is 1. The molecule has 0 spiro atoms. The molecule has 0 saturated heterocycles. The molecule has 0 aromatic heterocycles. The summed E-state index contributed by atoms with van der Waals surface area (Å²) in [5, 5.41) is 3.58. The molecule has 0 aromatic carbocycles. The average Bonchev–Trinajstić information content (AvgIpc) is 1.97. The Balaban J connectivity index is 3.77. The molecule has 0 aliphatic rings. The van der Waals surface area contributed by atoms with Crippen LogP contribution in [0.4, 0.5) is 0 Å². The lowest BCUT2D eigenvalue weighted by Crippen LogP contribution is -2.16. The lowest BCUT2D eigenvalue weighted by molar-refractivity contribution is 0.678. The molecule has 72 valence electrons. The number of hydrogen-bond donors (Lipinski definition) is 0. The molecule has 0 N–H and O–H groups in total. The molecule has 0 heterocycles. The van der Waals surface area contributed by atoms with Crippen molar-refractivity contribution in [2.75, 3.05) is 0 Å². The van der Waals surface area contributed by atoms with Gasteiger partial charge in [0.25, 0.3) is 0 Å². The summed E-state index contributed by atoms with van der Waals surface area (Å²) < 4.78 is 0. The van der Waals surface area contributed by atoms with Crippen molar-refractivity contribution in [3.05, 3.63) is 10.4 Å². The molecule has 0 bridgehead atoms. The van der Waals surface area contributed by atoms with E-state index in [9.17, 15) is 0 Å². The molecular formula is C9H17N3Si. The van der Waals surface area contributed by atoms with Gasteiger partial charge in [-0.25, -0.2) is 0 Å². The van der Waals surface area contributed by atoms with Crippen LogP contribution in [-0.4, -0.2) is 14.1 Å².